The molecule has 0 aliphatic rings. The molecular formula is C7H12O2. The molecule has 0 aromatic rings. The van der Waals surface area contributed by atoms with Crippen molar-refractivity contribution in [3.8, 4) is 0 Å². The van der Waals surface area contributed by atoms with E-state index in [2.05, 4.69) is 0 Å². The lowest BCUT2D eigenvalue weighted by Gasteiger charge is -2.16. The predicted octanol–water partition coefficient (Wildman–Crippen LogP) is 0.903. The Morgan fingerprint density at radius 1 is 1.56 bits per heavy atom. The Hall–Kier alpha value is -0.630. The summed E-state index contributed by atoms with van der Waals surface area (Å²) in [6.07, 6.45) is 2.04. The van der Waals surface area contributed by atoms with Gasteiger partial charge in [0.25, 0.3) is 0 Å². The second-order valence-electron chi connectivity index (χ2n) is 2.54. The van der Waals surface area contributed by atoms with Crippen LogP contribution in [0, 0.1) is 0 Å². The average Bonchev–Trinajstić information content (AvgIpc) is 1.64. The van der Waals surface area contributed by atoms with Crippen LogP contribution in [0.1, 0.15) is 20.8 Å². The van der Waals surface area contributed by atoms with Crippen LogP contribution in [0.25, 0.3) is 0 Å². The first-order chi connectivity index (χ1) is 3.98. The van der Waals surface area contributed by atoms with E-state index < -0.39 is 5.60 Å². The summed E-state index contributed by atoms with van der Waals surface area (Å²) in [7, 11) is 0. The van der Waals surface area contributed by atoms with E-state index in [4.69, 9.17) is 0 Å². The topological polar surface area (TPSA) is 37.3 Å². The predicted molar refractivity (Wildman–Crippen MR) is 36.1 cm³/mol. The zero-order valence-corrected chi connectivity index (χ0v) is 6.01. The smallest absolute Gasteiger partial charge is 0.142 e. The molecule has 2 heteroatoms. The second-order valence-corrected chi connectivity index (χ2v) is 2.54. The minimum atomic E-state index is -0.860. The van der Waals surface area contributed by atoms with Crippen molar-refractivity contribution in [1.29, 1.82) is 0 Å². The van der Waals surface area contributed by atoms with Gasteiger partial charge in [-0.3, -0.25) is 4.79 Å². The lowest BCUT2D eigenvalue weighted by Crippen LogP contribution is -2.19. The fraction of sp³-hybridized carbons (Fsp3) is 0.571. The van der Waals surface area contributed by atoms with Crippen LogP contribution in [0.15, 0.2) is 11.6 Å². The Kier molecular flexibility index (Phi) is 2.59. The Morgan fingerprint density at radius 3 is 2.11 bits per heavy atom. The monoisotopic (exact) mass is 128 g/mol. The lowest BCUT2D eigenvalue weighted by atomic mass is 10.0. The lowest BCUT2D eigenvalue weighted by molar-refractivity contribution is -0.104. The highest BCUT2D eigenvalue weighted by atomic mass is 16.3. The molecule has 0 radical (unpaired) electrons. The van der Waals surface area contributed by atoms with Gasteiger partial charge in [-0.25, -0.2) is 0 Å². The molecule has 0 spiro atoms. The molecule has 0 bridgehead atoms. The molecule has 0 aliphatic heterocycles. The molecule has 0 saturated carbocycles. The van der Waals surface area contributed by atoms with Gasteiger partial charge in [-0.15, -0.1) is 0 Å². The van der Waals surface area contributed by atoms with Gasteiger partial charge in [0.05, 0.1) is 5.60 Å². The molecule has 0 saturated heterocycles. The van der Waals surface area contributed by atoms with Gasteiger partial charge in [-0.2, -0.15) is 0 Å². The first-order valence-electron chi connectivity index (χ1n) is 2.83. The fourth-order valence-electron chi connectivity index (χ4n) is 0.306. The number of hydrogen-bond acceptors (Lipinski definition) is 2. The number of allylic oxidation sites excluding steroid dienone is 1. The number of carbonyl (C=O) groups is 1. The van der Waals surface area contributed by atoms with E-state index in [1.54, 1.807) is 20.8 Å². The highest BCUT2D eigenvalue weighted by Gasteiger charge is 2.13. The average molecular weight is 128 g/mol. The quantitative estimate of drug-likeness (QED) is 0.443. The summed E-state index contributed by atoms with van der Waals surface area (Å²) in [5.74, 6) is 0. The maximum atomic E-state index is 9.87. The highest BCUT2D eigenvalue weighted by Crippen LogP contribution is 2.12. The van der Waals surface area contributed by atoms with Crippen LogP contribution in [-0.2, 0) is 4.79 Å². The summed E-state index contributed by atoms with van der Waals surface area (Å²) in [6, 6.07) is 0. The van der Waals surface area contributed by atoms with Gasteiger partial charge in [0.1, 0.15) is 6.29 Å². The fourth-order valence-corrected chi connectivity index (χ4v) is 0.306. The molecule has 0 aliphatic carbocycles. The first kappa shape index (κ1) is 8.37. The van der Waals surface area contributed by atoms with Crippen molar-refractivity contribution in [2.75, 3.05) is 0 Å². The van der Waals surface area contributed by atoms with E-state index in [0.717, 1.165) is 0 Å². The molecule has 0 rings (SSSR count). The third-order valence-corrected chi connectivity index (χ3v) is 1.28. The van der Waals surface area contributed by atoms with Crippen LogP contribution in [0.3, 0.4) is 0 Å². The van der Waals surface area contributed by atoms with Gasteiger partial charge in [0.15, 0.2) is 0 Å². The van der Waals surface area contributed by atoms with Crippen LogP contribution in [0.2, 0.25) is 0 Å². The number of rotatable bonds is 2. The summed E-state index contributed by atoms with van der Waals surface area (Å²) in [4.78, 5) is 9.87. The number of aliphatic hydroxyl groups is 1. The van der Waals surface area contributed by atoms with Crippen molar-refractivity contribution in [1.82, 2.24) is 0 Å². The van der Waals surface area contributed by atoms with E-state index in [-0.39, 0.29) is 0 Å². The van der Waals surface area contributed by atoms with Crippen molar-refractivity contribution in [2.45, 2.75) is 26.4 Å². The molecule has 0 atom stereocenters. The van der Waals surface area contributed by atoms with Crippen LogP contribution in [-0.4, -0.2) is 17.0 Å². The third-order valence-electron chi connectivity index (χ3n) is 1.28. The van der Waals surface area contributed by atoms with Gasteiger partial charge in [0, 0.05) is 0 Å². The van der Waals surface area contributed by atoms with E-state index in [9.17, 15) is 9.90 Å². The molecule has 2 nitrogen and oxygen atoms in total. The maximum Gasteiger partial charge on any atom is 0.142 e. The summed E-state index contributed by atoms with van der Waals surface area (Å²) in [5.41, 5.74) is -0.182. The molecule has 1 N–H and O–H groups in total. The molecule has 0 unspecified atom stereocenters. The minimum absolute atomic E-state index is 0.674. The molecular weight excluding hydrogens is 116 g/mol. The summed E-state index contributed by atoms with van der Waals surface area (Å²) < 4.78 is 0. The third kappa shape index (κ3) is 3.03. The Bertz CT molecular complexity index is 128. The molecule has 0 aromatic carbocycles. The number of carbonyl (C=O) groups excluding carboxylic acids is 1. The van der Waals surface area contributed by atoms with E-state index in [1.165, 1.54) is 6.08 Å². The van der Waals surface area contributed by atoms with Crippen LogP contribution >= 0.6 is 0 Å². The summed E-state index contributed by atoms with van der Waals surface area (Å²) in [6.45, 7) is 5.00. The van der Waals surface area contributed by atoms with Crippen molar-refractivity contribution in [3.63, 3.8) is 0 Å². The molecule has 52 valence electrons. The van der Waals surface area contributed by atoms with Gasteiger partial charge in [0.2, 0.25) is 0 Å². The van der Waals surface area contributed by atoms with E-state index >= 15 is 0 Å². The summed E-state index contributed by atoms with van der Waals surface area (Å²) in [5, 5.41) is 9.19. The van der Waals surface area contributed by atoms with Crippen LogP contribution in [0.4, 0.5) is 0 Å². The van der Waals surface area contributed by atoms with Gasteiger partial charge in [-0.1, -0.05) is 0 Å². The Morgan fingerprint density at radius 2 is 2.00 bits per heavy atom. The standard InChI is InChI=1S/C7H12O2/c1-6(4-5-8)7(2,3)9/h4-5,9H,1-3H3/b6-4+. The second kappa shape index (κ2) is 2.78. The first-order valence-corrected chi connectivity index (χ1v) is 2.83. The van der Waals surface area contributed by atoms with Crippen molar-refractivity contribution in [2.24, 2.45) is 0 Å². The minimum Gasteiger partial charge on any atom is -0.386 e. The van der Waals surface area contributed by atoms with Crippen molar-refractivity contribution < 1.29 is 9.90 Å². The van der Waals surface area contributed by atoms with Crippen molar-refractivity contribution in [3.05, 3.63) is 11.6 Å². The van der Waals surface area contributed by atoms with Gasteiger partial charge >= 0.3 is 0 Å². The van der Waals surface area contributed by atoms with E-state index in [0.29, 0.717) is 11.9 Å². The van der Waals surface area contributed by atoms with Gasteiger partial charge in [-0.05, 0) is 32.4 Å². The number of hydrogen-bond donors (Lipinski definition) is 1. The largest absolute Gasteiger partial charge is 0.386 e. The number of aldehydes is 1. The molecule has 0 heterocycles. The van der Waals surface area contributed by atoms with Crippen molar-refractivity contribution >= 4 is 6.29 Å². The molecule has 0 amide bonds. The van der Waals surface area contributed by atoms with Crippen LogP contribution < -0.4 is 0 Å². The zero-order valence-electron chi connectivity index (χ0n) is 6.01. The normalized spacial score (nSPS) is 13.6. The van der Waals surface area contributed by atoms with E-state index in [1.807, 2.05) is 0 Å². The van der Waals surface area contributed by atoms with Gasteiger partial charge < -0.3 is 5.11 Å². The molecule has 0 fully saturated rings. The Balaban J connectivity index is 4.19. The molecule has 0 aromatic heterocycles. The maximum absolute atomic E-state index is 9.87. The van der Waals surface area contributed by atoms with Crippen LogP contribution in [0.5, 0.6) is 0 Å². The highest BCUT2D eigenvalue weighted by molar-refractivity contribution is 5.66. The summed E-state index contributed by atoms with van der Waals surface area (Å²) >= 11 is 0. The zero-order chi connectivity index (χ0) is 7.49. The SMILES string of the molecule is C/C(=C\C=O)C(C)(C)O. The molecule has 9 heavy (non-hydrogen) atoms. The Labute approximate surface area is 55.2 Å².